The first kappa shape index (κ1) is 24.5. The Hall–Kier alpha value is -0.560. The molecule has 1 aliphatic heterocycles. The molecule has 0 aromatic carbocycles. The van der Waals surface area contributed by atoms with E-state index < -0.39 is 5.54 Å². The number of carbonyl (C=O) groups is 2. The largest absolute Gasteiger partial charge is 0.342 e. The predicted octanol–water partition coefficient (Wildman–Crippen LogP) is 2.04. The lowest BCUT2D eigenvalue weighted by atomic mass is 9.94. The third-order valence-electron chi connectivity index (χ3n) is 6.46. The molecule has 1 saturated heterocycles. The van der Waals surface area contributed by atoms with Crippen LogP contribution in [0.4, 0.5) is 0 Å². The van der Waals surface area contributed by atoms with Crippen molar-refractivity contribution < 1.29 is 9.59 Å². The van der Waals surface area contributed by atoms with Crippen LogP contribution in [0.2, 0.25) is 0 Å². The zero-order valence-electron chi connectivity index (χ0n) is 16.5. The van der Waals surface area contributed by atoms with Crippen LogP contribution in [-0.4, -0.2) is 77.9 Å². The number of likely N-dealkylation sites (N-methyl/N-ethyl adjacent to an activating group) is 1. The summed E-state index contributed by atoms with van der Waals surface area (Å²) in [6, 6.07) is 0.420. The summed E-state index contributed by atoms with van der Waals surface area (Å²) >= 11 is 0. The van der Waals surface area contributed by atoms with Gasteiger partial charge in [-0.25, -0.2) is 0 Å². The summed E-state index contributed by atoms with van der Waals surface area (Å²) in [6.45, 7) is 3.40. The van der Waals surface area contributed by atoms with Crippen LogP contribution in [0.1, 0.15) is 57.8 Å². The van der Waals surface area contributed by atoms with Crippen molar-refractivity contribution in [3.8, 4) is 0 Å². The van der Waals surface area contributed by atoms with E-state index in [1.165, 1.54) is 19.3 Å². The van der Waals surface area contributed by atoms with E-state index in [0.29, 0.717) is 25.7 Å². The molecule has 0 spiro atoms. The molecule has 2 amide bonds. The normalized spacial score (nSPS) is 23.3. The van der Waals surface area contributed by atoms with Gasteiger partial charge in [0.15, 0.2) is 0 Å². The number of nitrogens with two attached hydrogens (primary N) is 1. The topological polar surface area (TPSA) is 69.9 Å². The maximum Gasteiger partial charge on any atom is 0.242 e. The zero-order valence-corrected chi connectivity index (χ0v) is 18.2. The van der Waals surface area contributed by atoms with Crippen molar-refractivity contribution in [1.29, 1.82) is 0 Å². The summed E-state index contributed by atoms with van der Waals surface area (Å²) < 4.78 is 0. The number of amides is 2. The molecule has 3 aliphatic rings. The molecule has 0 unspecified atom stereocenters. The van der Waals surface area contributed by atoms with E-state index in [0.717, 1.165) is 51.6 Å². The first-order chi connectivity index (χ1) is 12.0. The second kappa shape index (κ2) is 10.8. The van der Waals surface area contributed by atoms with Gasteiger partial charge in [-0.3, -0.25) is 14.5 Å². The number of piperazine rings is 1. The van der Waals surface area contributed by atoms with Gasteiger partial charge in [-0.05, 0) is 25.7 Å². The fourth-order valence-corrected chi connectivity index (χ4v) is 4.62. The highest BCUT2D eigenvalue weighted by Gasteiger charge is 2.40. The van der Waals surface area contributed by atoms with Gasteiger partial charge in [-0.2, -0.15) is 0 Å². The van der Waals surface area contributed by atoms with E-state index in [1.807, 2.05) is 16.8 Å². The lowest BCUT2D eigenvalue weighted by molar-refractivity contribution is -0.139. The van der Waals surface area contributed by atoms with Gasteiger partial charge in [0.2, 0.25) is 11.8 Å². The number of hydrogen-bond donors (Lipinski definition) is 1. The summed E-state index contributed by atoms with van der Waals surface area (Å²) in [5, 5.41) is 0. The van der Waals surface area contributed by atoms with Crippen LogP contribution in [0.5, 0.6) is 0 Å². The molecule has 27 heavy (non-hydrogen) atoms. The van der Waals surface area contributed by atoms with Gasteiger partial charge in [0.05, 0.1) is 12.1 Å². The Balaban J connectivity index is 0.00000182. The Bertz CT molecular complexity index is 486. The Morgan fingerprint density at radius 1 is 0.963 bits per heavy atom. The quantitative estimate of drug-likeness (QED) is 0.752. The van der Waals surface area contributed by atoms with E-state index in [1.54, 1.807) is 0 Å². The molecule has 3 rings (SSSR count). The van der Waals surface area contributed by atoms with Crippen LogP contribution in [0.25, 0.3) is 0 Å². The average Bonchev–Trinajstić information content (AvgIpc) is 3.09. The van der Waals surface area contributed by atoms with Crippen LogP contribution in [0.15, 0.2) is 0 Å². The number of carbonyl (C=O) groups excluding carboxylic acids is 2. The van der Waals surface area contributed by atoms with Crippen molar-refractivity contribution in [2.75, 3.05) is 39.8 Å². The minimum atomic E-state index is -0.626. The van der Waals surface area contributed by atoms with Crippen LogP contribution in [-0.2, 0) is 9.59 Å². The summed E-state index contributed by atoms with van der Waals surface area (Å²) in [5.41, 5.74) is 5.68. The molecule has 6 nitrogen and oxygen atoms in total. The van der Waals surface area contributed by atoms with Gasteiger partial charge in [0.1, 0.15) is 0 Å². The summed E-state index contributed by atoms with van der Waals surface area (Å²) in [5.74, 6) is 0.341. The van der Waals surface area contributed by atoms with Crippen molar-refractivity contribution >= 4 is 36.6 Å². The van der Waals surface area contributed by atoms with Gasteiger partial charge in [-0.1, -0.05) is 32.1 Å². The lowest BCUT2D eigenvalue weighted by Crippen LogP contribution is -2.59. The Morgan fingerprint density at radius 2 is 1.52 bits per heavy atom. The van der Waals surface area contributed by atoms with Crippen molar-refractivity contribution in [2.24, 2.45) is 5.73 Å². The molecule has 2 saturated carbocycles. The molecule has 0 aromatic rings. The molecule has 0 bridgehead atoms. The van der Waals surface area contributed by atoms with E-state index in [9.17, 15) is 9.59 Å². The minimum absolute atomic E-state index is 0. The SMILES string of the molecule is CN(C(=O)CN1CCN(C(=O)C2(N)CCCC2)CC1)C1CCCCC1.Cl.Cl. The van der Waals surface area contributed by atoms with Gasteiger partial charge >= 0.3 is 0 Å². The highest BCUT2D eigenvalue weighted by Crippen LogP contribution is 2.29. The van der Waals surface area contributed by atoms with Gasteiger partial charge in [0.25, 0.3) is 0 Å². The maximum atomic E-state index is 12.7. The standard InChI is InChI=1S/C19H34N4O2.2ClH/c1-21(16-7-3-2-4-8-16)17(24)15-22-11-13-23(14-12-22)18(25)19(20)9-5-6-10-19;;/h16H,2-15,20H2,1H3;2*1H. The van der Waals surface area contributed by atoms with Gasteiger partial charge in [-0.15, -0.1) is 24.8 Å². The zero-order chi connectivity index (χ0) is 17.9. The van der Waals surface area contributed by atoms with Crippen molar-refractivity contribution in [3.05, 3.63) is 0 Å². The Morgan fingerprint density at radius 3 is 2.07 bits per heavy atom. The summed E-state index contributed by atoms with van der Waals surface area (Å²) in [7, 11) is 1.95. The summed E-state index contributed by atoms with van der Waals surface area (Å²) in [6.07, 6.45) is 9.82. The molecule has 3 fully saturated rings. The second-order valence-electron chi connectivity index (χ2n) is 8.23. The van der Waals surface area contributed by atoms with Crippen molar-refractivity contribution in [3.63, 3.8) is 0 Å². The predicted molar refractivity (Wildman–Crippen MR) is 113 cm³/mol. The molecule has 2 N–H and O–H groups in total. The molecule has 0 aromatic heterocycles. The van der Waals surface area contributed by atoms with Crippen molar-refractivity contribution in [1.82, 2.24) is 14.7 Å². The van der Waals surface area contributed by atoms with Crippen LogP contribution in [0.3, 0.4) is 0 Å². The maximum absolute atomic E-state index is 12.7. The fraction of sp³-hybridized carbons (Fsp3) is 0.895. The average molecular weight is 423 g/mol. The van der Waals surface area contributed by atoms with Crippen LogP contribution < -0.4 is 5.73 Å². The van der Waals surface area contributed by atoms with E-state index in [4.69, 9.17) is 5.73 Å². The number of hydrogen-bond acceptors (Lipinski definition) is 4. The highest BCUT2D eigenvalue weighted by atomic mass is 35.5. The number of nitrogens with zero attached hydrogens (tertiary/aromatic N) is 3. The second-order valence-corrected chi connectivity index (χ2v) is 8.23. The monoisotopic (exact) mass is 422 g/mol. The van der Waals surface area contributed by atoms with E-state index >= 15 is 0 Å². The third kappa shape index (κ3) is 5.96. The third-order valence-corrected chi connectivity index (χ3v) is 6.46. The first-order valence-electron chi connectivity index (χ1n) is 10.1. The Kier molecular flexibility index (Phi) is 9.83. The molecule has 0 radical (unpaired) electrons. The van der Waals surface area contributed by atoms with Crippen LogP contribution in [0, 0.1) is 0 Å². The smallest absolute Gasteiger partial charge is 0.242 e. The van der Waals surface area contributed by atoms with Crippen molar-refractivity contribution in [2.45, 2.75) is 69.4 Å². The number of rotatable bonds is 4. The molecular weight excluding hydrogens is 387 g/mol. The van der Waals surface area contributed by atoms with E-state index in [2.05, 4.69) is 4.90 Å². The van der Waals surface area contributed by atoms with Crippen LogP contribution >= 0.6 is 24.8 Å². The highest BCUT2D eigenvalue weighted by molar-refractivity contribution is 5.86. The molecule has 0 atom stereocenters. The molecular formula is C19H36Cl2N4O2. The fourth-order valence-electron chi connectivity index (χ4n) is 4.62. The molecule has 2 aliphatic carbocycles. The molecule has 1 heterocycles. The Labute approximate surface area is 176 Å². The molecule has 8 heteroatoms. The summed E-state index contributed by atoms with van der Waals surface area (Å²) in [4.78, 5) is 31.3. The number of halogens is 2. The minimum Gasteiger partial charge on any atom is -0.342 e. The lowest BCUT2D eigenvalue weighted by Gasteiger charge is -2.39. The van der Waals surface area contributed by atoms with Gasteiger partial charge in [0, 0.05) is 39.3 Å². The molecule has 158 valence electrons. The van der Waals surface area contributed by atoms with Gasteiger partial charge < -0.3 is 15.5 Å². The first-order valence-corrected chi connectivity index (χ1v) is 10.1. The van der Waals surface area contributed by atoms with E-state index in [-0.39, 0.29) is 36.6 Å².